The van der Waals surface area contributed by atoms with E-state index in [2.05, 4.69) is 68.3 Å². The summed E-state index contributed by atoms with van der Waals surface area (Å²) in [7, 11) is 0. The van der Waals surface area contributed by atoms with Gasteiger partial charge in [0.2, 0.25) is 0 Å². The van der Waals surface area contributed by atoms with E-state index in [1.165, 1.54) is 32.1 Å². The number of fused-ring (bicyclic) bond motifs is 6. The Morgan fingerprint density at radius 1 is 0.750 bits per heavy atom. The fraction of sp³-hybridized carbons (Fsp3) is 0.567. The maximum absolute atomic E-state index is 11.5. The molecule has 6 bridgehead atoms. The van der Waals surface area contributed by atoms with Crippen molar-refractivity contribution in [1.29, 1.82) is 0 Å². The second kappa shape index (κ2) is 10.7. The zero-order valence-electron chi connectivity index (χ0n) is 19.5. The van der Waals surface area contributed by atoms with Gasteiger partial charge in [0.25, 0.3) is 0 Å². The lowest BCUT2D eigenvalue weighted by Crippen LogP contribution is -2.21. The molecule has 6 aliphatic rings. The second-order valence-corrected chi connectivity index (χ2v) is 10.5. The molecule has 0 spiro atoms. The van der Waals surface area contributed by atoms with Gasteiger partial charge in [-0.2, -0.15) is 0 Å². The minimum absolute atomic E-state index is 0.0447. The molecule has 0 aromatic carbocycles. The van der Waals surface area contributed by atoms with Crippen LogP contribution in [0, 0.1) is 53.3 Å². The third-order valence-corrected chi connectivity index (χ3v) is 8.44. The molecule has 0 heterocycles. The Kier molecular flexibility index (Phi) is 7.71. The van der Waals surface area contributed by atoms with E-state index in [0.29, 0.717) is 18.4 Å². The minimum Gasteiger partial charge on any atom is -0.461 e. The van der Waals surface area contributed by atoms with Crippen molar-refractivity contribution in [3.8, 4) is 0 Å². The number of carbonyl (C=O) groups excluding carboxylic acids is 1. The third-order valence-electron chi connectivity index (χ3n) is 8.44. The van der Waals surface area contributed by atoms with Gasteiger partial charge in [0.1, 0.15) is 6.61 Å². The molecule has 6 aliphatic carbocycles. The predicted molar refractivity (Wildman–Crippen MR) is 133 cm³/mol. The van der Waals surface area contributed by atoms with Gasteiger partial charge in [-0.1, -0.05) is 61.3 Å². The second-order valence-electron chi connectivity index (χ2n) is 10.5. The Morgan fingerprint density at radius 3 is 1.78 bits per heavy atom. The fourth-order valence-corrected chi connectivity index (χ4v) is 6.77. The van der Waals surface area contributed by atoms with Gasteiger partial charge in [0.15, 0.2) is 0 Å². The van der Waals surface area contributed by atoms with Crippen molar-refractivity contribution in [2.24, 2.45) is 53.3 Å². The highest BCUT2D eigenvalue weighted by Crippen LogP contribution is 2.45. The first-order valence-electron chi connectivity index (χ1n) is 12.7. The highest BCUT2D eigenvalue weighted by Gasteiger charge is 2.40. The van der Waals surface area contributed by atoms with Gasteiger partial charge in [0, 0.05) is 0 Å². The SMILES string of the molecule is C=CC1CC2C=CC1C2.C=CCC1CC2C=CC1C2.C=CCOC(=O)C1CC2C=CC1C2. The summed E-state index contributed by atoms with van der Waals surface area (Å²) >= 11 is 0. The summed E-state index contributed by atoms with van der Waals surface area (Å²) in [4.78, 5) is 11.5. The normalized spacial score (nSPS) is 40.4. The molecule has 3 saturated carbocycles. The quantitative estimate of drug-likeness (QED) is 0.331. The van der Waals surface area contributed by atoms with Gasteiger partial charge in [0.05, 0.1) is 5.92 Å². The van der Waals surface area contributed by atoms with Gasteiger partial charge < -0.3 is 4.74 Å². The van der Waals surface area contributed by atoms with Crippen molar-refractivity contribution < 1.29 is 9.53 Å². The Balaban J connectivity index is 0.000000117. The molecule has 0 amide bonds. The van der Waals surface area contributed by atoms with Crippen molar-refractivity contribution in [3.05, 3.63) is 74.4 Å². The summed E-state index contributed by atoms with van der Waals surface area (Å²) in [6.45, 7) is 11.5. The zero-order chi connectivity index (χ0) is 22.5. The average molecular weight is 433 g/mol. The van der Waals surface area contributed by atoms with Gasteiger partial charge in [-0.05, 0) is 92.3 Å². The molecule has 32 heavy (non-hydrogen) atoms. The van der Waals surface area contributed by atoms with Crippen molar-refractivity contribution in [2.45, 2.75) is 44.9 Å². The first-order valence-corrected chi connectivity index (χ1v) is 12.7. The predicted octanol–water partition coefficient (Wildman–Crippen LogP) is 7.09. The van der Waals surface area contributed by atoms with E-state index in [1.807, 2.05) is 0 Å². The number of hydrogen-bond donors (Lipinski definition) is 0. The van der Waals surface area contributed by atoms with E-state index < -0.39 is 0 Å². The van der Waals surface area contributed by atoms with E-state index in [9.17, 15) is 4.79 Å². The fourth-order valence-electron chi connectivity index (χ4n) is 6.77. The van der Waals surface area contributed by atoms with Gasteiger partial charge in [-0.25, -0.2) is 0 Å². The molecule has 0 radical (unpaired) electrons. The van der Waals surface area contributed by atoms with E-state index in [1.54, 1.807) is 6.08 Å². The van der Waals surface area contributed by atoms with Crippen molar-refractivity contribution in [2.75, 3.05) is 6.61 Å². The monoisotopic (exact) mass is 432 g/mol. The smallest absolute Gasteiger partial charge is 0.309 e. The van der Waals surface area contributed by atoms with Crippen molar-refractivity contribution >= 4 is 5.97 Å². The Bertz CT molecular complexity index is 787. The summed E-state index contributed by atoms with van der Waals surface area (Å²) in [5.74, 6) is 6.48. The van der Waals surface area contributed by atoms with Crippen LogP contribution in [-0.4, -0.2) is 12.6 Å². The third kappa shape index (κ3) is 5.27. The van der Waals surface area contributed by atoms with Crippen molar-refractivity contribution in [1.82, 2.24) is 0 Å². The van der Waals surface area contributed by atoms with Crippen LogP contribution < -0.4 is 0 Å². The maximum atomic E-state index is 11.5. The van der Waals surface area contributed by atoms with Crippen LogP contribution in [0.4, 0.5) is 0 Å². The lowest BCUT2D eigenvalue weighted by Gasteiger charge is -2.15. The highest BCUT2D eigenvalue weighted by molar-refractivity contribution is 5.74. The van der Waals surface area contributed by atoms with Crippen LogP contribution in [0.3, 0.4) is 0 Å². The van der Waals surface area contributed by atoms with E-state index in [0.717, 1.165) is 48.3 Å². The molecule has 9 unspecified atom stereocenters. The zero-order valence-corrected chi connectivity index (χ0v) is 19.5. The summed E-state index contributed by atoms with van der Waals surface area (Å²) in [5, 5.41) is 0. The minimum atomic E-state index is -0.0447. The first kappa shape index (κ1) is 23.1. The summed E-state index contributed by atoms with van der Waals surface area (Å²) in [6.07, 6.45) is 28.7. The van der Waals surface area contributed by atoms with E-state index in [4.69, 9.17) is 4.74 Å². The molecule has 0 aromatic rings. The standard InChI is InChI=1S/C11H14O2.C10H14.C9H12/c1-2-5-13-11(12)10-7-8-3-4-9(10)6-8;1-2-3-9-6-8-4-5-10(9)7-8;1-2-8-5-7-3-4-9(8)6-7/h2-4,8-10H,1,5-7H2;2,4-5,8-10H,1,3,6-7H2;2-4,7-9H,1,5-6H2. The molecule has 0 N–H and O–H groups in total. The maximum Gasteiger partial charge on any atom is 0.309 e. The average Bonchev–Trinajstić information content (AvgIpc) is 3.66. The number of carbonyl (C=O) groups is 1. The molecule has 9 atom stereocenters. The topological polar surface area (TPSA) is 26.3 Å². The summed E-state index contributed by atoms with van der Waals surface area (Å²) in [6, 6.07) is 0. The summed E-state index contributed by atoms with van der Waals surface area (Å²) < 4.78 is 5.04. The van der Waals surface area contributed by atoms with Crippen LogP contribution in [0.1, 0.15) is 44.9 Å². The lowest BCUT2D eigenvalue weighted by molar-refractivity contribution is -0.148. The van der Waals surface area contributed by atoms with Gasteiger partial charge >= 0.3 is 5.97 Å². The molecule has 3 fully saturated rings. The molecular formula is C30H40O2. The van der Waals surface area contributed by atoms with Crippen LogP contribution in [0.15, 0.2) is 74.4 Å². The molecule has 6 rings (SSSR count). The Labute approximate surface area is 194 Å². The van der Waals surface area contributed by atoms with Crippen LogP contribution in [0.2, 0.25) is 0 Å². The van der Waals surface area contributed by atoms with Gasteiger partial charge in [-0.15, -0.1) is 13.2 Å². The van der Waals surface area contributed by atoms with Crippen LogP contribution in [-0.2, 0) is 9.53 Å². The molecule has 0 aliphatic heterocycles. The molecule has 0 saturated heterocycles. The number of allylic oxidation sites excluding steroid dienone is 8. The molecule has 172 valence electrons. The van der Waals surface area contributed by atoms with Crippen molar-refractivity contribution in [3.63, 3.8) is 0 Å². The van der Waals surface area contributed by atoms with Crippen LogP contribution >= 0.6 is 0 Å². The molecular weight excluding hydrogens is 392 g/mol. The number of hydrogen-bond acceptors (Lipinski definition) is 2. The van der Waals surface area contributed by atoms with Crippen LogP contribution in [0.25, 0.3) is 0 Å². The lowest BCUT2D eigenvalue weighted by atomic mass is 9.91. The van der Waals surface area contributed by atoms with E-state index >= 15 is 0 Å². The highest BCUT2D eigenvalue weighted by atomic mass is 16.5. The van der Waals surface area contributed by atoms with E-state index in [-0.39, 0.29) is 11.9 Å². The molecule has 0 aromatic heterocycles. The molecule has 2 heteroatoms. The number of ether oxygens (including phenoxy) is 1. The van der Waals surface area contributed by atoms with Gasteiger partial charge in [-0.3, -0.25) is 4.79 Å². The largest absolute Gasteiger partial charge is 0.461 e. The Hall–Kier alpha value is -2.09. The number of rotatable bonds is 6. The number of esters is 1. The first-order chi connectivity index (χ1) is 15.6. The molecule has 2 nitrogen and oxygen atoms in total. The summed E-state index contributed by atoms with van der Waals surface area (Å²) in [5.41, 5.74) is 0. The van der Waals surface area contributed by atoms with Crippen LogP contribution in [0.5, 0.6) is 0 Å². The Morgan fingerprint density at radius 2 is 1.38 bits per heavy atom.